The van der Waals surface area contributed by atoms with Gasteiger partial charge in [0.15, 0.2) is 0 Å². The molecule has 1 aliphatic rings. The van der Waals surface area contributed by atoms with Crippen LogP contribution in [0.5, 0.6) is 0 Å². The quantitative estimate of drug-likeness (QED) is 0.450. The summed E-state index contributed by atoms with van der Waals surface area (Å²) in [4.78, 5) is 15.7. The number of rotatable bonds is 9. The van der Waals surface area contributed by atoms with Gasteiger partial charge in [0.05, 0.1) is 19.6 Å². The molecule has 1 heterocycles. The van der Waals surface area contributed by atoms with Crippen molar-refractivity contribution in [3.8, 4) is 0 Å². The minimum atomic E-state index is -0.761. The number of nitrogens with one attached hydrogen (secondary N) is 1. The van der Waals surface area contributed by atoms with Gasteiger partial charge in [-0.3, -0.25) is 4.79 Å². The van der Waals surface area contributed by atoms with Crippen molar-refractivity contribution >= 4 is 11.8 Å². The highest BCUT2D eigenvalue weighted by atomic mass is 16.5. The lowest BCUT2D eigenvalue weighted by molar-refractivity contribution is -0.137. The highest BCUT2D eigenvalue weighted by Crippen LogP contribution is 2.33. The largest absolute Gasteiger partial charge is 0.481 e. The maximum atomic E-state index is 11.4. The topological polar surface area (TPSA) is 71.5 Å². The van der Waals surface area contributed by atoms with Crippen molar-refractivity contribution in [2.45, 2.75) is 38.3 Å². The van der Waals surface area contributed by atoms with Gasteiger partial charge in [-0.1, -0.05) is 60.7 Å². The molecule has 1 atom stereocenters. The van der Waals surface area contributed by atoms with Crippen molar-refractivity contribution in [3.63, 3.8) is 0 Å². The molecule has 0 aliphatic heterocycles. The molecule has 164 valence electrons. The van der Waals surface area contributed by atoms with Crippen LogP contribution < -0.4 is 5.32 Å². The molecule has 0 bridgehead atoms. The lowest BCUT2D eigenvalue weighted by Crippen LogP contribution is -2.09. The van der Waals surface area contributed by atoms with Gasteiger partial charge >= 0.3 is 5.97 Å². The van der Waals surface area contributed by atoms with Crippen molar-refractivity contribution in [2.24, 2.45) is 0 Å². The van der Waals surface area contributed by atoms with Crippen LogP contribution in [0.2, 0.25) is 0 Å². The Hall–Kier alpha value is -3.44. The van der Waals surface area contributed by atoms with E-state index in [4.69, 9.17) is 4.74 Å². The van der Waals surface area contributed by atoms with E-state index in [0.29, 0.717) is 19.8 Å². The number of hydrogen-bond donors (Lipinski definition) is 2. The molecule has 4 rings (SSSR count). The number of aromatic nitrogens is 1. The summed E-state index contributed by atoms with van der Waals surface area (Å²) in [7, 11) is 0. The average molecular weight is 429 g/mol. The Morgan fingerprint density at radius 2 is 1.88 bits per heavy atom. The molecule has 3 aromatic rings. The van der Waals surface area contributed by atoms with E-state index in [1.807, 2.05) is 36.4 Å². The van der Waals surface area contributed by atoms with Crippen LogP contribution in [0.25, 0.3) is 0 Å². The normalized spacial score (nSPS) is 15.4. The van der Waals surface area contributed by atoms with Gasteiger partial charge in [-0.2, -0.15) is 0 Å². The lowest BCUT2D eigenvalue weighted by atomic mass is 9.88. The van der Waals surface area contributed by atoms with Crippen LogP contribution in [-0.4, -0.2) is 22.7 Å². The Morgan fingerprint density at radius 3 is 2.72 bits per heavy atom. The van der Waals surface area contributed by atoms with Crippen molar-refractivity contribution in [1.29, 1.82) is 0 Å². The number of fused-ring (bicyclic) bond motifs is 1. The van der Waals surface area contributed by atoms with Gasteiger partial charge < -0.3 is 15.2 Å². The van der Waals surface area contributed by atoms with E-state index < -0.39 is 5.97 Å². The van der Waals surface area contributed by atoms with Gasteiger partial charge in [0.25, 0.3) is 0 Å². The molecule has 0 saturated heterocycles. The number of pyridine rings is 1. The van der Waals surface area contributed by atoms with Gasteiger partial charge in [-0.25, -0.2) is 4.98 Å². The molecular weight excluding hydrogens is 400 g/mol. The van der Waals surface area contributed by atoms with Crippen LogP contribution in [-0.2, 0) is 29.1 Å². The number of ether oxygens (including phenoxy) is 1. The second-order valence-electron chi connectivity index (χ2n) is 8.15. The maximum absolute atomic E-state index is 11.4. The highest BCUT2D eigenvalue weighted by Gasteiger charge is 2.22. The number of benzene rings is 2. The molecule has 2 aromatic carbocycles. The first-order valence-corrected chi connectivity index (χ1v) is 11.0. The van der Waals surface area contributed by atoms with Crippen molar-refractivity contribution in [3.05, 3.63) is 107 Å². The summed E-state index contributed by atoms with van der Waals surface area (Å²) in [5, 5.41) is 12.7. The zero-order valence-electron chi connectivity index (χ0n) is 18.0. The molecule has 1 aromatic heterocycles. The molecule has 32 heavy (non-hydrogen) atoms. The molecule has 0 radical (unpaired) electrons. The first-order valence-electron chi connectivity index (χ1n) is 11.0. The second kappa shape index (κ2) is 10.7. The van der Waals surface area contributed by atoms with Crippen molar-refractivity contribution < 1.29 is 14.6 Å². The number of carboxylic acids is 1. The summed E-state index contributed by atoms with van der Waals surface area (Å²) in [5.41, 5.74) is 5.81. The van der Waals surface area contributed by atoms with Gasteiger partial charge in [0.2, 0.25) is 0 Å². The summed E-state index contributed by atoms with van der Waals surface area (Å²) in [6, 6.07) is 22.3. The zero-order valence-corrected chi connectivity index (χ0v) is 18.0. The fraction of sp³-hybridized carbons (Fsp3) is 0.259. The van der Waals surface area contributed by atoms with Crippen molar-refractivity contribution in [1.82, 2.24) is 4.98 Å². The third kappa shape index (κ3) is 6.05. The van der Waals surface area contributed by atoms with E-state index in [2.05, 4.69) is 46.7 Å². The number of aliphatic carboxylic acids is 1. The monoisotopic (exact) mass is 428 g/mol. The predicted octanol–water partition coefficient (Wildman–Crippen LogP) is 5.34. The fourth-order valence-corrected chi connectivity index (χ4v) is 4.18. The summed E-state index contributed by atoms with van der Waals surface area (Å²) in [6.07, 6.45) is 5.65. The second-order valence-corrected chi connectivity index (χ2v) is 8.15. The Bertz CT molecular complexity index is 1080. The number of nitrogens with zero attached hydrogens (tertiary/aromatic N) is 1. The smallest absolute Gasteiger partial charge is 0.303 e. The standard InChI is InChI=1S/C27H28N2O3/c30-27(31)16-24-15-22(11-12-23-8-1-2-9-25(23)24)19-32-18-21-7-5-6-20(14-21)17-29-26-10-3-4-13-28-26/h1-11,13-14,24H,12,15-19H2,(H,28,29)(H,30,31). The van der Waals surface area contributed by atoms with Crippen LogP contribution in [0.4, 0.5) is 5.82 Å². The van der Waals surface area contributed by atoms with Crippen LogP contribution in [0.3, 0.4) is 0 Å². The van der Waals surface area contributed by atoms with Crippen molar-refractivity contribution in [2.75, 3.05) is 11.9 Å². The predicted molar refractivity (Wildman–Crippen MR) is 126 cm³/mol. The summed E-state index contributed by atoms with van der Waals surface area (Å²) in [5.74, 6) is 0.0801. The van der Waals surface area contributed by atoms with Crippen LogP contribution in [0.1, 0.15) is 41.0 Å². The van der Waals surface area contributed by atoms with E-state index in [0.717, 1.165) is 29.8 Å². The van der Waals surface area contributed by atoms with Crippen LogP contribution >= 0.6 is 0 Å². The first-order chi connectivity index (χ1) is 15.7. The number of allylic oxidation sites excluding steroid dienone is 1. The molecule has 5 nitrogen and oxygen atoms in total. The van der Waals surface area contributed by atoms with E-state index >= 15 is 0 Å². The number of hydrogen-bond acceptors (Lipinski definition) is 4. The van der Waals surface area contributed by atoms with Gasteiger partial charge in [0.1, 0.15) is 5.82 Å². The molecule has 5 heteroatoms. The van der Waals surface area contributed by atoms with E-state index in [1.165, 1.54) is 16.7 Å². The van der Waals surface area contributed by atoms with E-state index in [9.17, 15) is 9.90 Å². The molecule has 2 N–H and O–H groups in total. The van der Waals surface area contributed by atoms with E-state index in [-0.39, 0.29) is 12.3 Å². The molecular formula is C27H28N2O3. The molecule has 1 aliphatic carbocycles. The zero-order chi connectivity index (χ0) is 22.2. The molecule has 0 amide bonds. The lowest BCUT2D eigenvalue weighted by Gasteiger charge is -2.17. The number of carbonyl (C=O) groups is 1. The Kier molecular flexibility index (Phi) is 7.31. The van der Waals surface area contributed by atoms with Crippen LogP contribution in [0.15, 0.2) is 84.6 Å². The molecule has 1 unspecified atom stereocenters. The fourth-order valence-electron chi connectivity index (χ4n) is 4.18. The summed E-state index contributed by atoms with van der Waals surface area (Å²) < 4.78 is 6.04. The summed E-state index contributed by atoms with van der Waals surface area (Å²) >= 11 is 0. The van der Waals surface area contributed by atoms with Crippen LogP contribution in [0, 0.1) is 0 Å². The molecule has 0 saturated carbocycles. The van der Waals surface area contributed by atoms with E-state index in [1.54, 1.807) is 6.20 Å². The minimum Gasteiger partial charge on any atom is -0.481 e. The Labute approximate surface area is 188 Å². The van der Waals surface area contributed by atoms with Gasteiger partial charge in [-0.15, -0.1) is 0 Å². The maximum Gasteiger partial charge on any atom is 0.303 e. The highest BCUT2D eigenvalue weighted by molar-refractivity contribution is 5.68. The third-order valence-electron chi connectivity index (χ3n) is 5.72. The molecule has 0 fully saturated rings. The van der Waals surface area contributed by atoms with Gasteiger partial charge in [0, 0.05) is 12.7 Å². The SMILES string of the molecule is O=C(O)CC1CC(COCc2cccc(CNc3ccccn3)c2)=CCc2ccccc21. The molecule has 0 spiro atoms. The Balaban J connectivity index is 1.33. The Morgan fingerprint density at radius 1 is 1.03 bits per heavy atom. The van der Waals surface area contributed by atoms with Gasteiger partial charge in [-0.05, 0) is 58.7 Å². The summed E-state index contributed by atoms with van der Waals surface area (Å²) in [6.45, 7) is 1.73. The average Bonchev–Trinajstić information content (AvgIpc) is 2.98. The minimum absolute atomic E-state index is 0.0120. The number of anilines is 1. The third-order valence-corrected chi connectivity index (χ3v) is 5.72. The number of carboxylic acid groups (broad SMARTS) is 1. The first kappa shape index (κ1) is 21.8.